The van der Waals surface area contributed by atoms with Crippen molar-refractivity contribution in [2.24, 2.45) is 0 Å². The van der Waals surface area contributed by atoms with Crippen LogP contribution in [-0.4, -0.2) is 67.5 Å². The van der Waals surface area contributed by atoms with E-state index in [2.05, 4.69) is 20.8 Å². The molecule has 2 aromatic carbocycles. The predicted molar refractivity (Wildman–Crippen MR) is 122 cm³/mol. The SMILES string of the molecule is COC(=O)C1=C(C(=O)c2ccc(OC)c(OC)c2)[C@H](c2ccc(OC)c(OC)c2)n2nnnc2N1. The van der Waals surface area contributed by atoms with E-state index in [0.717, 1.165) is 0 Å². The van der Waals surface area contributed by atoms with Crippen LogP contribution < -0.4 is 24.3 Å². The van der Waals surface area contributed by atoms with E-state index < -0.39 is 17.8 Å². The van der Waals surface area contributed by atoms with Crippen molar-refractivity contribution in [2.45, 2.75) is 6.04 Å². The number of benzene rings is 2. The highest BCUT2D eigenvalue weighted by atomic mass is 16.5. The second kappa shape index (κ2) is 9.71. The molecule has 1 aliphatic heterocycles. The van der Waals surface area contributed by atoms with Crippen LogP contribution in [0.4, 0.5) is 5.95 Å². The summed E-state index contributed by atoms with van der Waals surface area (Å²) in [7, 11) is 7.20. The zero-order chi connectivity index (χ0) is 25.1. The Morgan fingerprint density at radius 1 is 0.857 bits per heavy atom. The number of carbonyl (C=O) groups excluding carboxylic acids is 2. The standard InChI is InChI=1S/C23H23N5O7/c1-31-14-8-6-12(10-16(14)33-3)20-18(19(22(30)35-5)24-23-25-26-27-28(20)23)21(29)13-7-9-15(32-2)17(11-13)34-4/h6-11,20H,1-5H3,(H,24,25,27)/t20-/m0/s1. The number of carbonyl (C=O) groups is 2. The predicted octanol–water partition coefficient (Wildman–Crippen LogP) is 2.03. The highest BCUT2D eigenvalue weighted by molar-refractivity contribution is 6.15. The quantitative estimate of drug-likeness (QED) is 0.374. The van der Waals surface area contributed by atoms with E-state index in [4.69, 9.17) is 23.7 Å². The first-order valence-corrected chi connectivity index (χ1v) is 10.3. The van der Waals surface area contributed by atoms with Crippen LogP contribution in [0.2, 0.25) is 0 Å². The number of tetrazole rings is 1. The second-order valence-corrected chi connectivity index (χ2v) is 7.27. The minimum Gasteiger partial charge on any atom is -0.493 e. The normalized spacial score (nSPS) is 14.5. The lowest BCUT2D eigenvalue weighted by atomic mass is 9.89. The fraction of sp³-hybridized carbons (Fsp3) is 0.261. The fourth-order valence-corrected chi connectivity index (χ4v) is 3.85. The Labute approximate surface area is 200 Å². The van der Waals surface area contributed by atoms with E-state index in [-0.39, 0.29) is 22.8 Å². The van der Waals surface area contributed by atoms with Gasteiger partial charge in [0.25, 0.3) is 0 Å². The molecule has 0 bridgehead atoms. The van der Waals surface area contributed by atoms with Gasteiger partial charge in [0.15, 0.2) is 28.8 Å². The van der Waals surface area contributed by atoms with Gasteiger partial charge in [-0.2, -0.15) is 4.68 Å². The van der Waals surface area contributed by atoms with Crippen molar-refractivity contribution in [2.75, 3.05) is 40.9 Å². The number of rotatable bonds is 8. The number of fused-ring (bicyclic) bond motifs is 1. The zero-order valence-electron chi connectivity index (χ0n) is 19.7. The van der Waals surface area contributed by atoms with Crippen molar-refractivity contribution >= 4 is 17.7 Å². The average Bonchev–Trinajstić information content (AvgIpc) is 3.38. The van der Waals surface area contributed by atoms with Gasteiger partial charge < -0.3 is 29.0 Å². The molecule has 0 amide bonds. The largest absolute Gasteiger partial charge is 0.493 e. The third-order valence-electron chi connectivity index (χ3n) is 5.52. The van der Waals surface area contributed by atoms with Crippen molar-refractivity contribution in [1.29, 1.82) is 0 Å². The van der Waals surface area contributed by atoms with E-state index in [9.17, 15) is 9.59 Å². The number of anilines is 1. The Kier molecular flexibility index (Phi) is 6.53. The van der Waals surface area contributed by atoms with Crippen molar-refractivity contribution in [3.05, 3.63) is 58.8 Å². The first kappa shape index (κ1) is 23.5. The van der Waals surface area contributed by atoms with Crippen molar-refractivity contribution in [1.82, 2.24) is 20.2 Å². The van der Waals surface area contributed by atoms with E-state index in [1.54, 1.807) is 30.3 Å². The second-order valence-electron chi connectivity index (χ2n) is 7.27. The van der Waals surface area contributed by atoms with Crippen LogP contribution in [0.5, 0.6) is 23.0 Å². The topological polar surface area (TPSA) is 136 Å². The number of allylic oxidation sites excluding steroid dienone is 1. The molecule has 0 spiro atoms. The highest BCUT2D eigenvalue weighted by Crippen LogP contribution is 2.40. The van der Waals surface area contributed by atoms with Crippen molar-refractivity contribution in [3.63, 3.8) is 0 Å². The number of nitrogens with zero attached hydrogens (tertiary/aromatic N) is 4. The molecule has 12 heteroatoms. The van der Waals surface area contributed by atoms with Gasteiger partial charge in [-0.05, 0) is 46.3 Å². The lowest BCUT2D eigenvalue weighted by Crippen LogP contribution is -2.33. The first-order chi connectivity index (χ1) is 17.0. The van der Waals surface area contributed by atoms with Gasteiger partial charge in [-0.25, -0.2) is 4.79 Å². The molecule has 4 rings (SSSR count). The molecule has 0 saturated heterocycles. The maximum absolute atomic E-state index is 14.0. The number of hydrogen-bond donors (Lipinski definition) is 1. The Bertz CT molecular complexity index is 1320. The maximum Gasteiger partial charge on any atom is 0.355 e. The van der Waals surface area contributed by atoms with Crippen molar-refractivity contribution < 1.29 is 33.3 Å². The number of hydrogen-bond acceptors (Lipinski definition) is 11. The van der Waals surface area contributed by atoms with Crippen LogP contribution in [-0.2, 0) is 9.53 Å². The van der Waals surface area contributed by atoms with Crippen molar-refractivity contribution in [3.8, 4) is 23.0 Å². The third kappa shape index (κ3) is 4.09. The molecular formula is C23H23N5O7. The van der Waals surface area contributed by atoms with Gasteiger partial charge in [0.2, 0.25) is 5.95 Å². The number of esters is 1. The maximum atomic E-state index is 14.0. The summed E-state index contributed by atoms with van der Waals surface area (Å²) in [5.41, 5.74) is 0.802. The number of aromatic nitrogens is 4. The Morgan fingerprint density at radius 3 is 2.11 bits per heavy atom. The lowest BCUT2D eigenvalue weighted by molar-refractivity contribution is -0.136. The van der Waals surface area contributed by atoms with Gasteiger partial charge in [0.1, 0.15) is 11.7 Å². The van der Waals surface area contributed by atoms with Gasteiger partial charge in [-0.1, -0.05) is 11.2 Å². The Morgan fingerprint density at radius 2 is 1.49 bits per heavy atom. The van der Waals surface area contributed by atoms with E-state index in [0.29, 0.717) is 28.6 Å². The van der Waals surface area contributed by atoms with Crippen LogP contribution in [0.15, 0.2) is 47.7 Å². The van der Waals surface area contributed by atoms with Gasteiger partial charge in [0, 0.05) is 5.56 Å². The number of methoxy groups -OCH3 is 5. The van der Waals surface area contributed by atoms with Crippen LogP contribution in [0.25, 0.3) is 0 Å². The average molecular weight is 481 g/mol. The molecule has 0 unspecified atom stereocenters. The number of Topliss-reactive ketones (excluding diaryl/α,β-unsaturated/α-hetero) is 1. The molecular weight excluding hydrogens is 458 g/mol. The summed E-state index contributed by atoms with van der Waals surface area (Å²) in [6.45, 7) is 0. The molecule has 1 atom stereocenters. The zero-order valence-corrected chi connectivity index (χ0v) is 19.7. The molecule has 2 heterocycles. The smallest absolute Gasteiger partial charge is 0.355 e. The van der Waals surface area contributed by atoms with E-state index in [1.807, 2.05) is 0 Å². The minimum absolute atomic E-state index is 0.0658. The molecule has 12 nitrogen and oxygen atoms in total. The molecule has 1 aliphatic rings. The first-order valence-electron chi connectivity index (χ1n) is 10.3. The summed E-state index contributed by atoms with van der Waals surface area (Å²) in [6.07, 6.45) is 0. The summed E-state index contributed by atoms with van der Waals surface area (Å²) in [5.74, 6) is 0.658. The molecule has 182 valence electrons. The monoisotopic (exact) mass is 481 g/mol. The molecule has 3 aromatic rings. The van der Waals surface area contributed by atoms with Gasteiger partial charge in [-0.15, -0.1) is 0 Å². The van der Waals surface area contributed by atoms with Crippen LogP contribution in [0.3, 0.4) is 0 Å². The lowest BCUT2D eigenvalue weighted by Gasteiger charge is -2.28. The molecule has 1 aromatic heterocycles. The molecule has 35 heavy (non-hydrogen) atoms. The van der Waals surface area contributed by atoms with Crippen LogP contribution in [0, 0.1) is 0 Å². The molecule has 0 aliphatic carbocycles. The molecule has 0 fully saturated rings. The van der Waals surface area contributed by atoms with Crippen LogP contribution >= 0.6 is 0 Å². The van der Waals surface area contributed by atoms with Gasteiger partial charge in [-0.3, -0.25) is 4.79 Å². The van der Waals surface area contributed by atoms with Gasteiger partial charge in [0.05, 0.1) is 41.1 Å². The molecule has 1 N–H and O–H groups in total. The van der Waals surface area contributed by atoms with E-state index in [1.165, 1.54) is 46.3 Å². The summed E-state index contributed by atoms with van der Waals surface area (Å²) in [5, 5.41) is 14.5. The van der Waals surface area contributed by atoms with E-state index >= 15 is 0 Å². The Hall–Kier alpha value is -4.61. The third-order valence-corrected chi connectivity index (χ3v) is 5.52. The van der Waals surface area contributed by atoms with Crippen LogP contribution in [0.1, 0.15) is 22.0 Å². The summed E-state index contributed by atoms with van der Waals surface area (Å²) in [4.78, 5) is 26.8. The summed E-state index contributed by atoms with van der Waals surface area (Å²) >= 11 is 0. The summed E-state index contributed by atoms with van der Waals surface area (Å²) in [6, 6.07) is 8.94. The fourth-order valence-electron chi connectivity index (χ4n) is 3.85. The number of ether oxygens (including phenoxy) is 5. The number of ketones is 1. The Balaban J connectivity index is 1.95. The minimum atomic E-state index is -0.893. The molecule has 0 saturated carbocycles. The number of nitrogens with one attached hydrogen (secondary N) is 1. The molecule has 0 radical (unpaired) electrons. The summed E-state index contributed by atoms with van der Waals surface area (Å²) < 4.78 is 27.8. The highest BCUT2D eigenvalue weighted by Gasteiger charge is 2.39. The van der Waals surface area contributed by atoms with Gasteiger partial charge >= 0.3 is 5.97 Å².